The van der Waals surface area contributed by atoms with Gasteiger partial charge in [0.05, 0.1) is 5.41 Å². The number of rotatable bonds is 1. The van der Waals surface area contributed by atoms with Gasteiger partial charge in [-0.25, -0.2) is 9.59 Å². The predicted molar refractivity (Wildman–Crippen MR) is 76.5 cm³/mol. The third-order valence-electron chi connectivity index (χ3n) is 2.96. The molecule has 1 fully saturated rings. The van der Waals surface area contributed by atoms with Gasteiger partial charge in [-0.15, -0.1) is 0 Å². The molecule has 0 spiro atoms. The van der Waals surface area contributed by atoms with Crippen molar-refractivity contribution in [1.82, 2.24) is 4.90 Å². The summed E-state index contributed by atoms with van der Waals surface area (Å²) in [6, 6.07) is -0.744. The highest BCUT2D eigenvalue weighted by atomic mass is 16.6. The fourth-order valence-electron chi connectivity index (χ4n) is 1.86. The highest BCUT2D eigenvalue weighted by Gasteiger charge is 2.39. The van der Waals surface area contributed by atoms with Gasteiger partial charge >= 0.3 is 18.0 Å². The van der Waals surface area contributed by atoms with Crippen LogP contribution in [-0.4, -0.2) is 41.1 Å². The predicted octanol–water partition coefficient (Wildman–Crippen LogP) is 2.50. The van der Waals surface area contributed by atoms with Gasteiger partial charge in [-0.05, 0) is 54.4 Å². The molecule has 120 valence electrons. The van der Waals surface area contributed by atoms with Crippen LogP contribution < -0.4 is 0 Å². The van der Waals surface area contributed by atoms with Gasteiger partial charge in [0, 0.05) is 6.54 Å². The van der Waals surface area contributed by atoms with E-state index in [-0.39, 0.29) is 0 Å². The van der Waals surface area contributed by atoms with E-state index in [1.807, 2.05) is 0 Å². The van der Waals surface area contributed by atoms with Crippen molar-refractivity contribution in [3.63, 3.8) is 0 Å². The molecule has 0 radical (unpaired) electrons. The molecule has 0 aliphatic carbocycles. The van der Waals surface area contributed by atoms with Crippen molar-refractivity contribution in [1.29, 1.82) is 0 Å². The number of amides is 1. The maximum Gasteiger partial charge on any atom is 0.411 e. The summed E-state index contributed by atoms with van der Waals surface area (Å²) in [7, 11) is 0. The Balaban J connectivity index is 2.71. The van der Waals surface area contributed by atoms with Crippen LogP contribution in [0.25, 0.3) is 0 Å². The van der Waals surface area contributed by atoms with Crippen LogP contribution in [-0.2, 0) is 19.1 Å². The lowest BCUT2D eigenvalue weighted by molar-refractivity contribution is -0.168. The summed E-state index contributed by atoms with van der Waals surface area (Å²) in [5.74, 6) is -1.28. The van der Waals surface area contributed by atoms with E-state index in [0.29, 0.717) is 19.4 Å². The zero-order chi connectivity index (χ0) is 16.4. The summed E-state index contributed by atoms with van der Waals surface area (Å²) < 4.78 is 10.2. The molecular formula is C15H25NO5. The van der Waals surface area contributed by atoms with Crippen molar-refractivity contribution in [2.75, 3.05) is 6.54 Å². The Labute approximate surface area is 125 Å². The van der Waals surface area contributed by atoms with Crippen LogP contribution in [0.3, 0.4) is 0 Å². The molecule has 0 saturated carbocycles. The van der Waals surface area contributed by atoms with E-state index in [1.165, 1.54) is 4.90 Å². The van der Waals surface area contributed by atoms with Gasteiger partial charge in [-0.2, -0.15) is 0 Å². The largest absolute Gasteiger partial charge is 0.444 e. The second-order valence-electron chi connectivity index (χ2n) is 7.29. The molecule has 0 aromatic rings. The quantitative estimate of drug-likeness (QED) is 0.549. The van der Waals surface area contributed by atoms with Gasteiger partial charge in [0.15, 0.2) is 0 Å². The molecule has 6 nitrogen and oxygen atoms in total. The van der Waals surface area contributed by atoms with Crippen molar-refractivity contribution in [3.05, 3.63) is 0 Å². The lowest BCUT2D eigenvalue weighted by Gasteiger charge is -2.27. The lowest BCUT2D eigenvalue weighted by atomic mass is 9.97. The summed E-state index contributed by atoms with van der Waals surface area (Å²) in [6.07, 6.45) is 0.614. The minimum Gasteiger partial charge on any atom is -0.444 e. The fourth-order valence-corrected chi connectivity index (χ4v) is 1.86. The van der Waals surface area contributed by atoms with Gasteiger partial charge in [-0.1, -0.05) is 0 Å². The second kappa shape index (κ2) is 6.03. The van der Waals surface area contributed by atoms with E-state index < -0.39 is 35.1 Å². The fraction of sp³-hybridized carbons (Fsp3) is 0.800. The van der Waals surface area contributed by atoms with E-state index >= 15 is 0 Å². The monoisotopic (exact) mass is 299 g/mol. The standard InChI is InChI=1S/C15H25NO5/c1-14(2,3)12(18)20-11(17)10-8-7-9-16(10)13(19)21-15(4,5)6/h10H,7-9H2,1-6H3/t10-/m0/s1. The van der Waals surface area contributed by atoms with E-state index in [0.717, 1.165) is 0 Å². The summed E-state index contributed by atoms with van der Waals surface area (Å²) >= 11 is 0. The van der Waals surface area contributed by atoms with Crippen LogP contribution >= 0.6 is 0 Å². The third-order valence-corrected chi connectivity index (χ3v) is 2.96. The third kappa shape index (κ3) is 5.02. The van der Waals surface area contributed by atoms with Crippen molar-refractivity contribution >= 4 is 18.0 Å². The SMILES string of the molecule is CC(C)(C)OC(=O)N1CCC[C@H]1C(=O)OC(=O)C(C)(C)C. The Morgan fingerprint density at radius 3 is 2.10 bits per heavy atom. The van der Waals surface area contributed by atoms with Crippen molar-refractivity contribution in [3.8, 4) is 0 Å². The second-order valence-corrected chi connectivity index (χ2v) is 7.29. The Morgan fingerprint density at radius 1 is 1.05 bits per heavy atom. The molecule has 0 aromatic heterocycles. The Hall–Kier alpha value is -1.59. The van der Waals surface area contributed by atoms with E-state index in [1.54, 1.807) is 41.5 Å². The average molecular weight is 299 g/mol. The summed E-state index contributed by atoms with van der Waals surface area (Å²) in [6.45, 7) is 10.7. The van der Waals surface area contributed by atoms with Gasteiger partial charge in [-0.3, -0.25) is 9.69 Å². The first-order chi connectivity index (χ1) is 9.42. The number of hydrogen-bond acceptors (Lipinski definition) is 5. The highest BCUT2D eigenvalue weighted by molar-refractivity contribution is 5.92. The van der Waals surface area contributed by atoms with Crippen molar-refractivity contribution in [2.45, 2.75) is 66.0 Å². The Morgan fingerprint density at radius 2 is 1.62 bits per heavy atom. The summed E-state index contributed by atoms with van der Waals surface area (Å²) in [5, 5.41) is 0. The smallest absolute Gasteiger partial charge is 0.411 e. The van der Waals surface area contributed by atoms with Crippen LogP contribution in [0.15, 0.2) is 0 Å². The molecule has 1 aliphatic heterocycles. The maximum atomic E-state index is 12.1. The topological polar surface area (TPSA) is 72.9 Å². The molecular weight excluding hydrogens is 274 g/mol. The van der Waals surface area contributed by atoms with Gasteiger partial charge < -0.3 is 9.47 Å². The van der Waals surface area contributed by atoms with E-state index in [9.17, 15) is 14.4 Å². The Bertz CT molecular complexity index is 430. The number of hydrogen-bond donors (Lipinski definition) is 0. The van der Waals surface area contributed by atoms with Crippen molar-refractivity contribution in [2.24, 2.45) is 5.41 Å². The first-order valence-electron chi connectivity index (χ1n) is 7.17. The minimum atomic E-state index is -0.759. The number of carbonyl (C=O) groups is 3. The maximum absolute atomic E-state index is 12.1. The Kier molecular flexibility index (Phi) is 5.02. The summed E-state index contributed by atoms with van der Waals surface area (Å²) in [4.78, 5) is 37.3. The molecule has 0 N–H and O–H groups in total. The molecule has 1 amide bonds. The molecule has 0 bridgehead atoms. The highest BCUT2D eigenvalue weighted by Crippen LogP contribution is 2.23. The van der Waals surface area contributed by atoms with Crippen LogP contribution in [0.2, 0.25) is 0 Å². The molecule has 0 unspecified atom stereocenters. The molecule has 1 atom stereocenters. The molecule has 1 rings (SSSR count). The molecule has 1 aliphatic rings. The van der Waals surface area contributed by atoms with Crippen LogP contribution in [0.4, 0.5) is 4.79 Å². The molecule has 1 saturated heterocycles. The molecule has 21 heavy (non-hydrogen) atoms. The van der Waals surface area contributed by atoms with Crippen molar-refractivity contribution < 1.29 is 23.9 Å². The van der Waals surface area contributed by atoms with E-state index in [2.05, 4.69) is 0 Å². The minimum absolute atomic E-state index is 0.429. The molecule has 1 heterocycles. The zero-order valence-electron chi connectivity index (χ0n) is 13.7. The number of ether oxygens (including phenoxy) is 2. The number of nitrogens with zero attached hydrogens (tertiary/aromatic N) is 1. The average Bonchev–Trinajstić information content (AvgIpc) is 2.73. The van der Waals surface area contributed by atoms with Gasteiger partial charge in [0.2, 0.25) is 0 Å². The summed E-state index contributed by atoms with van der Waals surface area (Å²) in [5.41, 5.74) is -1.39. The molecule has 6 heteroatoms. The van der Waals surface area contributed by atoms with Gasteiger partial charge in [0.25, 0.3) is 0 Å². The first kappa shape index (κ1) is 17.5. The number of esters is 2. The number of carbonyl (C=O) groups excluding carboxylic acids is 3. The van der Waals surface area contributed by atoms with Gasteiger partial charge in [0.1, 0.15) is 11.6 Å². The first-order valence-corrected chi connectivity index (χ1v) is 7.17. The zero-order valence-corrected chi connectivity index (χ0v) is 13.7. The molecule has 0 aromatic carbocycles. The normalized spacial score (nSPS) is 19.3. The van der Waals surface area contributed by atoms with Crippen LogP contribution in [0.5, 0.6) is 0 Å². The number of likely N-dealkylation sites (tertiary alicyclic amines) is 1. The lowest BCUT2D eigenvalue weighted by Crippen LogP contribution is -2.45. The van der Waals surface area contributed by atoms with E-state index in [4.69, 9.17) is 9.47 Å². The van der Waals surface area contributed by atoms with Crippen LogP contribution in [0.1, 0.15) is 54.4 Å². The van der Waals surface area contributed by atoms with Crippen LogP contribution in [0, 0.1) is 5.41 Å².